The molecule has 102 valence electrons. The Balaban J connectivity index is 2.65. The molecule has 0 atom stereocenters. The molecule has 1 heterocycles. The first kappa shape index (κ1) is 14.7. The zero-order chi connectivity index (χ0) is 13.4. The fourth-order valence-corrected chi connectivity index (χ4v) is 1.82. The maximum Gasteiger partial charge on any atom is 0.183 e. The molecule has 5 nitrogen and oxygen atoms in total. The summed E-state index contributed by atoms with van der Waals surface area (Å²) in [6.45, 7) is 2.79. The molecule has 0 spiro atoms. The Morgan fingerprint density at radius 3 is 2.72 bits per heavy atom. The first-order chi connectivity index (χ1) is 8.72. The highest BCUT2D eigenvalue weighted by Crippen LogP contribution is 2.29. The van der Waals surface area contributed by atoms with Gasteiger partial charge in [-0.1, -0.05) is 0 Å². The number of methoxy groups -OCH3 is 2. The average Bonchev–Trinajstić information content (AvgIpc) is 2.38. The Kier molecular flexibility index (Phi) is 6.46. The molecule has 0 amide bonds. The van der Waals surface area contributed by atoms with Crippen LogP contribution in [0.4, 0.5) is 0 Å². The standard InChI is InChI=1S/C13H23N3O2/c1-14-7-5-9-16(2)10-11-13(18-4)12(17-3)6-8-15-11/h6,8,14H,5,7,9-10H2,1-4H3. The van der Waals surface area contributed by atoms with Gasteiger partial charge in [0.25, 0.3) is 0 Å². The van der Waals surface area contributed by atoms with Crippen LogP contribution in [0, 0.1) is 0 Å². The zero-order valence-corrected chi connectivity index (χ0v) is 11.7. The monoisotopic (exact) mass is 253 g/mol. The van der Waals surface area contributed by atoms with Crippen molar-refractivity contribution in [2.45, 2.75) is 13.0 Å². The van der Waals surface area contributed by atoms with Crippen molar-refractivity contribution in [3.05, 3.63) is 18.0 Å². The predicted molar refractivity (Wildman–Crippen MR) is 72.2 cm³/mol. The van der Waals surface area contributed by atoms with E-state index in [0.717, 1.165) is 43.2 Å². The van der Waals surface area contributed by atoms with E-state index in [0.29, 0.717) is 0 Å². The largest absolute Gasteiger partial charge is 0.493 e. The number of ether oxygens (including phenoxy) is 2. The van der Waals surface area contributed by atoms with Gasteiger partial charge in [-0.25, -0.2) is 0 Å². The molecule has 0 aliphatic carbocycles. The number of hydrogen-bond acceptors (Lipinski definition) is 5. The summed E-state index contributed by atoms with van der Waals surface area (Å²) in [5.41, 5.74) is 0.906. The lowest BCUT2D eigenvalue weighted by molar-refractivity contribution is 0.300. The van der Waals surface area contributed by atoms with Gasteiger partial charge in [-0.15, -0.1) is 0 Å². The summed E-state index contributed by atoms with van der Waals surface area (Å²) in [5.74, 6) is 1.45. The van der Waals surface area contributed by atoms with E-state index in [2.05, 4.69) is 22.2 Å². The van der Waals surface area contributed by atoms with E-state index in [1.54, 1.807) is 20.4 Å². The predicted octanol–water partition coefficient (Wildman–Crippen LogP) is 1.14. The van der Waals surface area contributed by atoms with Crippen LogP contribution in [0.25, 0.3) is 0 Å². The normalized spacial score (nSPS) is 10.7. The molecule has 18 heavy (non-hydrogen) atoms. The Morgan fingerprint density at radius 2 is 2.11 bits per heavy atom. The molecule has 1 N–H and O–H groups in total. The van der Waals surface area contributed by atoms with E-state index < -0.39 is 0 Å². The van der Waals surface area contributed by atoms with Gasteiger partial charge in [-0.2, -0.15) is 0 Å². The fourth-order valence-electron chi connectivity index (χ4n) is 1.82. The van der Waals surface area contributed by atoms with E-state index in [9.17, 15) is 0 Å². The van der Waals surface area contributed by atoms with Crippen LogP contribution in [0.2, 0.25) is 0 Å². The number of nitrogens with zero attached hydrogens (tertiary/aromatic N) is 2. The van der Waals surface area contributed by atoms with Crippen molar-refractivity contribution in [2.75, 3.05) is 41.4 Å². The van der Waals surface area contributed by atoms with Gasteiger partial charge in [0.2, 0.25) is 0 Å². The minimum absolute atomic E-state index is 0.723. The molecular weight excluding hydrogens is 230 g/mol. The van der Waals surface area contributed by atoms with E-state index in [1.807, 2.05) is 13.1 Å². The van der Waals surface area contributed by atoms with Crippen molar-refractivity contribution in [2.24, 2.45) is 0 Å². The smallest absolute Gasteiger partial charge is 0.183 e. The molecule has 0 bridgehead atoms. The Hall–Kier alpha value is -1.33. The summed E-state index contributed by atoms with van der Waals surface area (Å²) in [5, 5.41) is 3.14. The van der Waals surface area contributed by atoms with Crippen LogP contribution in [0.15, 0.2) is 12.3 Å². The summed E-state index contributed by atoms with van der Waals surface area (Å²) in [6, 6.07) is 1.81. The number of hydrogen-bond donors (Lipinski definition) is 1. The minimum Gasteiger partial charge on any atom is -0.493 e. The highest BCUT2D eigenvalue weighted by Gasteiger charge is 2.12. The van der Waals surface area contributed by atoms with Crippen LogP contribution in [-0.2, 0) is 6.54 Å². The third-order valence-electron chi connectivity index (χ3n) is 2.75. The maximum atomic E-state index is 5.37. The lowest BCUT2D eigenvalue weighted by Crippen LogP contribution is -2.23. The molecule has 1 rings (SSSR count). The molecule has 0 unspecified atom stereocenters. The van der Waals surface area contributed by atoms with Gasteiger partial charge in [0, 0.05) is 18.8 Å². The molecule has 0 aliphatic heterocycles. The second kappa shape index (κ2) is 7.89. The SMILES string of the molecule is CNCCCN(C)Cc1nccc(OC)c1OC. The van der Waals surface area contributed by atoms with Crippen molar-refractivity contribution in [1.29, 1.82) is 0 Å². The molecule has 0 saturated heterocycles. The number of aromatic nitrogens is 1. The molecule has 0 aliphatic rings. The van der Waals surface area contributed by atoms with Crippen molar-refractivity contribution in [3.8, 4) is 11.5 Å². The molecule has 1 aromatic heterocycles. The highest BCUT2D eigenvalue weighted by molar-refractivity contribution is 5.42. The topological polar surface area (TPSA) is 46.6 Å². The first-order valence-electron chi connectivity index (χ1n) is 6.12. The lowest BCUT2D eigenvalue weighted by atomic mass is 10.2. The van der Waals surface area contributed by atoms with Gasteiger partial charge < -0.3 is 19.7 Å². The van der Waals surface area contributed by atoms with Crippen LogP contribution in [-0.4, -0.2) is 51.3 Å². The summed E-state index contributed by atoms with van der Waals surface area (Å²) >= 11 is 0. The van der Waals surface area contributed by atoms with E-state index in [1.165, 1.54) is 0 Å². The molecule has 0 aromatic carbocycles. The van der Waals surface area contributed by atoms with Crippen molar-refractivity contribution in [3.63, 3.8) is 0 Å². The number of pyridine rings is 1. The van der Waals surface area contributed by atoms with E-state index >= 15 is 0 Å². The lowest BCUT2D eigenvalue weighted by Gasteiger charge is -2.18. The average molecular weight is 253 g/mol. The Morgan fingerprint density at radius 1 is 1.33 bits per heavy atom. The van der Waals surface area contributed by atoms with Crippen molar-refractivity contribution < 1.29 is 9.47 Å². The van der Waals surface area contributed by atoms with Gasteiger partial charge in [0.05, 0.1) is 14.2 Å². The van der Waals surface area contributed by atoms with Crippen molar-refractivity contribution >= 4 is 0 Å². The van der Waals surface area contributed by atoms with Crippen LogP contribution in [0.1, 0.15) is 12.1 Å². The zero-order valence-electron chi connectivity index (χ0n) is 11.7. The third-order valence-corrected chi connectivity index (χ3v) is 2.75. The van der Waals surface area contributed by atoms with E-state index in [-0.39, 0.29) is 0 Å². The summed E-state index contributed by atoms with van der Waals surface area (Å²) in [4.78, 5) is 6.59. The molecule has 5 heteroatoms. The van der Waals surface area contributed by atoms with Crippen LogP contribution in [0.5, 0.6) is 11.5 Å². The second-order valence-corrected chi connectivity index (χ2v) is 4.19. The highest BCUT2D eigenvalue weighted by atomic mass is 16.5. The second-order valence-electron chi connectivity index (χ2n) is 4.19. The molecule has 1 aromatic rings. The van der Waals surface area contributed by atoms with Crippen LogP contribution in [0.3, 0.4) is 0 Å². The minimum atomic E-state index is 0.723. The van der Waals surface area contributed by atoms with Crippen LogP contribution < -0.4 is 14.8 Å². The number of rotatable bonds is 8. The van der Waals surface area contributed by atoms with Gasteiger partial charge in [-0.3, -0.25) is 4.98 Å². The van der Waals surface area contributed by atoms with Gasteiger partial charge in [0.15, 0.2) is 11.5 Å². The van der Waals surface area contributed by atoms with E-state index in [4.69, 9.17) is 9.47 Å². The third kappa shape index (κ3) is 4.16. The summed E-state index contributed by atoms with van der Waals surface area (Å²) < 4.78 is 10.6. The first-order valence-corrected chi connectivity index (χ1v) is 6.12. The summed E-state index contributed by atoms with van der Waals surface area (Å²) in [6.07, 6.45) is 2.86. The van der Waals surface area contributed by atoms with Gasteiger partial charge in [0.1, 0.15) is 5.69 Å². The molecule has 0 radical (unpaired) electrons. The van der Waals surface area contributed by atoms with Crippen LogP contribution >= 0.6 is 0 Å². The van der Waals surface area contributed by atoms with Gasteiger partial charge in [-0.05, 0) is 33.6 Å². The maximum absolute atomic E-state index is 5.37. The fraction of sp³-hybridized carbons (Fsp3) is 0.615. The molecule has 0 saturated carbocycles. The Bertz CT molecular complexity index is 358. The number of nitrogens with one attached hydrogen (secondary N) is 1. The molecule has 0 fully saturated rings. The quantitative estimate of drug-likeness (QED) is 0.704. The Labute approximate surface area is 109 Å². The van der Waals surface area contributed by atoms with Crippen molar-refractivity contribution in [1.82, 2.24) is 15.2 Å². The van der Waals surface area contributed by atoms with Gasteiger partial charge >= 0.3 is 0 Å². The summed E-state index contributed by atoms with van der Waals surface area (Å²) in [7, 11) is 7.32. The molecular formula is C13H23N3O2.